The molecule has 2 aliphatic heterocycles. The minimum absolute atomic E-state index is 0.341. The number of hydrogen-bond acceptors (Lipinski definition) is 5. The van der Waals surface area contributed by atoms with Crippen LogP contribution in [0.15, 0.2) is 54.6 Å². The number of ether oxygens (including phenoxy) is 1. The molecule has 1 N–H and O–H groups in total. The smallest absolute Gasteiger partial charge is 0.326 e. The highest BCUT2D eigenvalue weighted by Gasteiger charge is 2.49. The summed E-state index contributed by atoms with van der Waals surface area (Å²) in [6.45, 7) is 1.13. The molecule has 31 heavy (non-hydrogen) atoms. The van der Waals surface area contributed by atoms with Crippen molar-refractivity contribution >= 4 is 29.5 Å². The van der Waals surface area contributed by atoms with Crippen LogP contribution in [0, 0.1) is 0 Å². The minimum atomic E-state index is -1.26. The van der Waals surface area contributed by atoms with Gasteiger partial charge in [0.25, 0.3) is 11.8 Å². The number of benzene rings is 2. The van der Waals surface area contributed by atoms with E-state index >= 15 is 0 Å². The zero-order chi connectivity index (χ0) is 22.0. The maximum atomic E-state index is 12.9. The minimum Gasteiger partial charge on any atom is -0.454 e. The molecule has 0 unspecified atom stereocenters. The van der Waals surface area contributed by atoms with Gasteiger partial charge in [-0.15, -0.1) is 0 Å². The van der Waals surface area contributed by atoms with Gasteiger partial charge in [-0.1, -0.05) is 48.5 Å². The molecule has 0 radical (unpaired) electrons. The van der Waals surface area contributed by atoms with Crippen molar-refractivity contribution in [3.05, 3.63) is 65.7 Å². The van der Waals surface area contributed by atoms with Gasteiger partial charge in [0.05, 0.1) is 0 Å². The van der Waals surface area contributed by atoms with Crippen LogP contribution < -0.4 is 10.2 Å². The van der Waals surface area contributed by atoms with Crippen LogP contribution in [0.3, 0.4) is 0 Å². The first-order valence-electron chi connectivity index (χ1n) is 10.1. The van der Waals surface area contributed by atoms with Crippen LogP contribution in [0.5, 0.6) is 0 Å². The fourth-order valence-corrected chi connectivity index (χ4v) is 4.00. The number of nitrogens with zero attached hydrogens (tertiary/aromatic N) is 2. The maximum Gasteiger partial charge on any atom is 0.326 e. The van der Waals surface area contributed by atoms with Gasteiger partial charge in [0.1, 0.15) is 12.1 Å². The number of fused-ring (bicyclic) bond motifs is 1. The second-order valence-corrected chi connectivity index (χ2v) is 7.75. The largest absolute Gasteiger partial charge is 0.454 e. The second-order valence-electron chi connectivity index (χ2n) is 7.75. The molecule has 160 valence electrons. The summed E-state index contributed by atoms with van der Waals surface area (Å²) in [5.41, 5.74) is 1.25. The number of esters is 1. The molecule has 0 saturated carbocycles. The van der Waals surface area contributed by atoms with Gasteiger partial charge in [0.2, 0.25) is 0 Å². The van der Waals surface area contributed by atoms with Crippen LogP contribution in [0.2, 0.25) is 0 Å². The molecule has 2 heterocycles. The lowest BCUT2D eigenvalue weighted by Gasteiger charge is -2.29. The molecule has 0 bridgehead atoms. The Hall–Kier alpha value is -3.68. The quantitative estimate of drug-likeness (QED) is 0.588. The van der Waals surface area contributed by atoms with Crippen LogP contribution in [0.1, 0.15) is 24.5 Å². The summed E-state index contributed by atoms with van der Waals surface area (Å²) in [5.74, 6) is -1.71. The number of carbonyl (C=O) groups excluding carboxylic acids is 4. The highest BCUT2D eigenvalue weighted by molar-refractivity contribution is 6.09. The third-order valence-electron chi connectivity index (χ3n) is 5.68. The van der Waals surface area contributed by atoms with Crippen molar-refractivity contribution in [1.29, 1.82) is 0 Å². The highest BCUT2D eigenvalue weighted by atomic mass is 16.5. The summed E-state index contributed by atoms with van der Waals surface area (Å²) < 4.78 is 5.10. The molecule has 1 atom stereocenters. The van der Waals surface area contributed by atoms with Gasteiger partial charge >= 0.3 is 12.0 Å². The molecule has 8 nitrogen and oxygen atoms in total. The van der Waals surface area contributed by atoms with Gasteiger partial charge in [-0.25, -0.2) is 4.79 Å². The second kappa shape index (κ2) is 8.22. The van der Waals surface area contributed by atoms with E-state index in [1.165, 1.54) is 0 Å². The van der Waals surface area contributed by atoms with E-state index in [0.29, 0.717) is 12.1 Å². The molecule has 0 aromatic heterocycles. The Bertz CT molecular complexity index is 1040. The molecule has 4 amide bonds. The number of imide groups is 1. The Morgan fingerprint density at radius 2 is 1.77 bits per heavy atom. The third-order valence-corrected chi connectivity index (χ3v) is 5.68. The van der Waals surface area contributed by atoms with Crippen molar-refractivity contribution in [3.63, 3.8) is 0 Å². The van der Waals surface area contributed by atoms with Crippen LogP contribution in [-0.4, -0.2) is 48.4 Å². The number of urea groups is 1. The van der Waals surface area contributed by atoms with Gasteiger partial charge in [-0.05, 0) is 37.0 Å². The zero-order valence-electron chi connectivity index (χ0n) is 17.2. The van der Waals surface area contributed by atoms with E-state index in [-0.39, 0.29) is 5.91 Å². The molecular weight excluding hydrogens is 398 g/mol. The number of carbonyl (C=O) groups is 4. The zero-order valence-corrected chi connectivity index (χ0v) is 17.2. The predicted molar refractivity (Wildman–Crippen MR) is 112 cm³/mol. The molecule has 0 aliphatic carbocycles. The average molecular weight is 421 g/mol. The van der Waals surface area contributed by atoms with Gasteiger partial charge in [-0.3, -0.25) is 19.3 Å². The van der Waals surface area contributed by atoms with Gasteiger partial charge in [-0.2, -0.15) is 0 Å². The summed E-state index contributed by atoms with van der Waals surface area (Å²) in [5, 5.41) is 2.63. The number of hydrogen-bond donors (Lipinski definition) is 1. The number of para-hydroxylation sites is 1. The average Bonchev–Trinajstić information content (AvgIpc) is 3.01. The summed E-state index contributed by atoms with van der Waals surface area (Å²) in [6.07, 6.45) is 1.73. The van der Waals surface area contributed by atoms with Crippen LogP contribution in [0.25, 0.3) is 0 Å². The lowest BCUT2D eigenvalue weighted by molar-refractivity contribution is -0.150. The fraction of sp³-hybridized carbons (Fsp3) is 0.304. The summed E-state index contributed by atoms with van der Waals surface area (Å²) in [4.78, 5) is 52.5. The Morgan fingerprint density at radius 3 is 2.55 bits per heavy atom. The molecule has 4 rings (SSSR count). The standard InChI is InChI=1S/C23H23N3O5/c1-23(17-10-3-2-4-11-17)21(29)26(22(30)24-23)14-20(28)31-15-19(27)25-13-7-9-16-8-5-6-12-18(16)25/h2-6,8,10-12H,7,9,13-15H2,1H3,(H,24,30)/t23-/m0/s1. The fourth-order valence-electron chi connectivity index (χ4n) is 4.00. The van der Waals surface area contributed by atoms with E-state index in [0.717, 1.165) is 29.0 Å². The number of nitrogens with one attached hydrogen (secondary N) is 1. The van der Waals surface area contributed by atoms with E-state index in [2.05, 4.69) is 5.32 Å². The van der Waals surface area contributed by atoms with E-state index in [1.807, 2.05) is 24.3 Å². The van der Waals surface area contributed by atoms with Crippen molar-refractivity contribution in [3.8, 4) is 0 Å². The SMILES string of the molecule is C[C@@]1(c2ccccc2)NC(=O)N(CC(=O)OCC(=O)N2CCCc3ccccc32)C1=O. The molecular formula is C23H23N3O5. The first kappa shape index (κ1) is 20.6. The summed E-state index contributed by atoms with van der Waals surface area (Å²) >= 11 is 0. The van der Waals surface area contributed by atoms with Crippen molar-refractivity contribution in [2.45, 2.75) is 25.3 Å². The molecule has 2 aromatic carbocycles. The van der Waals surface area contributed by atoms with Crippen molar-refractivity contribution in [2.24, 2.45) is 0 Å². The van der Waals surface area contributed by atoms with Crippen LogP contribution >= 0.6 is 0 Å². The van der Waals surface area contributed by atoms with Gasteiger partial charge in [0, 0.05) is 12.2 Å². The van der Waals surface area contributed by atoms with Crippen LogP contribution in [0.4, 0.5) is 10.5 Å². The van der Waals surface area contributed by atoms with Crippen molar-refractivity contribution in [1.82, 2.24) is 10.2 Å². The Kier molecular flexibility index (Phi) is 5.46. The maximum absolute atomic E-state index is 12.9. The number of amides is 4. The molecule has 2 aromatic rings. The Labute approximate surface area is 179 Å². The van der Waals surface area contributed by atoms with Gasteiger partial charge < -0.3 is 15.0 Å². The topological polar surface area (TPSA) is 96.0 Å². The molecule has 2 aliphatic rings. The van der Waals surface area contributed by atoms with Gasteiger partial charge in [0.15, 0.2) is 6.61 Å². The van der Waals surface area contributed by atoms with E-state index < -0.39 is 36.6 Å². The normalized spacial score (nSPS) is 20.3. The molecule has 1 saturated heterocycles. The van der Waals surface area contributed by atoms with E-state index in [9.17, 15) is 19.2 Å². The highest BCUT2D eigenvalue weighted by Crippen LogP contribution is 2.29. The monoisotopic (exact) mass is 421 g/mol. The molecule has 8 heteroatoms. The van der Waals surface area contributed by atoms with Crippen molar-refractivity contribution in [2.75, 3.05) is 24.6 Å². The van der Waals surface area contributed by atoms with Crippen LogP contribution in [-0.2, 0) is 31.1 Å². The van der Waals surface area contributed by atoms with E-state index in [1.54, 1.807) is 42.2 Å². The summed E-state index contributed by atoms with van der Waals surface area (Å²) in [7, 11) is 0. The van der Waals surface area contributed by atoms with E-state index in [4.69, 9.17) is 4.74 Å². The lowest BCUT2D eigenvalue weighted by atomic mass is 9.92. The number of rotatable bonds is 5. The lowest BCUT2D eigenvalue weighted by Crippen LogP contribution is -2.42. The number of anilines is 1. The molecule has 0 spiro atoms. The Balaban J connectivity index is 1.37. The Morgan fingerprint density at radius 1 is 1.06 bits per heavy atom. The first-order chi connectivity index (χ1) is 14.9. The summed E-state index contributed by atoms with van der Waals surface area (Å²) in [6, 6.07) is 15.7. The molecule has 1 fully saturated rings. The van der Waals surface area contributed by atoms with Crippen molar-refractivity contribution < 1.29 is 23.9 Å². The predicted octanol–water partition coefficient (Wildman–Crippen LogP) is 1.98. The first-order valence-corrected chi connectivity index (χ1v) is 10.1. The number of aryl methyl sites for hydroxylation is 1. The third kappa shape index (κ3) is 3.88.